The topological polar surface area (TPSA) is 11.4 Å². The second kappa shape index (κ2) is 16.0. The fourth-order valence-electron chi connectivity index (χ4n) is 12.0. The lowest BCUT2D eigenvalue weighted by molar-refractivity contribution is 0.793. The quantitative estimate of drug-likeness (QED) is 0.151. The molecule has 0 fully saturated rings. The number of rotatable bonds is 8. The van der Waals surface area contributed by atoms with Crippen LogP contribution >= 0.6 is 0 Å². The average molecular weight is 892 g/mol. The molecule has 1 heterocycles. The Bertz CT molecular complexity index is 3950. The van der Waals surface area contributed by atoms with Gasteiger partial charge in [-0.15, -0.1) is 0 Å². The number of hydrogen-bond acceptors (Lipinski definition) is 2. The Morgan fingerprint density at radius 2 is 0.800 bits per heavy atom. The van der Waals surface area contributed by atoms with Crippen LogP contribution in [0.2, 0.25) is 0 Å². The molecule has 0 aliphatic heterocycles. The third-order valence-electron chi connectivity index (χ3n) is 14.8. The summed E-state index contributed by atoms with van der Waals surface area (Å²) >= 11 is 0. The first-order chi connectivity index (χ1) is 34.8. The van der Waals surface area contributed by atoms with Crippen molar-refractivity contribution in [1.82, 2.24) is 4.57 Å². The predicted octanol–water partition coefficient (Wildman–Crippen LogP) is 17.7. The Labute approximate surface area is 408 Å². The number of aromatic nitrogens is 1. The first-order valence-electron chi connectivity index (χ1n) is 24.2. The maximum absolute atomic E-state index is 2.50. The van der Waals surface area contributed by atoms with Crippen LogP contribution in [-0.4, -0.2) is 4.57 Å². The van der Waals surface area contributed by atoms with E-state index in [2.05, 4.69) is 287 Å². The predicted molar refractivity (Wildman–Crippen MR) is 292 cm³/mol. The van der Waals surface area contributed by atoms with Gasteiger partial charge in [-0.25, -0.2) is 0 Å². The van der Waals surface area contributed by atoms with Gasteiger partial charge in [-0.1, -0.05) is 194 Å². The molecule has 1 aromatic heterocycles. The van der Waals surface area contributed by atoms with E-state index in [1.807, 2.05) is 0 Å². The van der Waals surface area contributed by atoms with Crippen molar-refractivity contribution in [3.8, 4) is 39.1 Å². The van der Waals surface area contributed by atoms with Crippen molar-refractivity contribution in [1.29, 1.82) is 0 Å². The number of para-hydroxylation sites is 5. The van der Waals surface area contributed by atoms with E-state index >= 15 is 0 Å². The van der Waals surface area contributed by atoms with Gasteiger partial charge in [0.25, 0.3) is 0 Å². The molecule has 0 amide bonds. The Morgan fingerprint density at radius 1 is 0.286 bits per heavy atom. The highest BCUT2D eigenvalue weighted by molar-refractivity contribution is 6.11. The molecule has 0 N–H and O–H groups in total. The summed E-state index contributed by atoms with van der Waals surface area (Å²) in [4.78, 5) is 4.93. The van der Waals surface area contributed by atoms with E-state index in [0.29, 0.717) is 0 Å². The average Bonchev–Trinajstić information content (AvgIpc) is 4.04. The molecule has 2 aliphatic carbocycles. The van der Waals surface area contributed by atoms with Crippen molar-refractivity contribution in [2.45, 2.75) is 5.41 Å². The normalized spacial score (nSPS) is 14.1. The molecular formula is C67H45N3. The number of benzene rings is 11. The lowest BCUT2D eigenvalue weighted by atomic mass is 9.70. The van der Waals surface area contributed by atoms with Gasteiger partial charge < -0.3 is 14.4 Å². The fraction of sp³-hybridized carbons (Fsp3) is 0.0149. The molecule has 14 rings (SSSR count). The molecule has 0 bridgehead atoms. The summed E-state index contributed by atoms with van der Waals surface area (Å²) in [5.41, 5.74) is 22.1. The van der Waals surface area contributed by atoms with Crippen LogP contribution in [0.3, 0.4) is 0 Å². The number of hydrogen-bond donors (Lipinski definition) is 0. The second-order valence-corrected chi connectivity index (χ2v) is 18.4. The lowest BCUT2D eigenvalue weighted by Crippen LogP contribution is -2.26. The highest BCUT2D eigenvalue weighted by atomic mass is 15.2. The zero-order chi connectivity index (χ0) is 46.2. The van der Waals surface area contributed by atoms with Crippen LogP contribution in [0.5, 0.6) is 0 Å². The van der Waals surface area contributed by atoms with Crippen molar-refractivity contribution in [2.75, 3.05) is 9.80 Å². The minimum Gasteiger partial charge on any atom is -0.310 e. The number of nitrogens with zero attached hydrogens (tertiary/aromatic N) is 3. The van der Waals surface area contributed by atoms with Crippen molar-refractivity contribution in [2.24, 2.45) is 0 Å². The highest BCUT2D eigenvalue weighted by Gasteiger charge is 2.52. The van der Waals surface area contributed by atoms with Crippen LogP contribution in [0.25, 0.3) is 60.9 Å². The Kier molecular flexibility index (Phi) is 9.11. The van der Waals surface area contributed by atoms with Gasteiger partial charge in [-0.05, 0) is 123 Å². The van der Waals surface area contributed by atoms with Crippen molar-refractivity contribution >= 4 is 55.9 Å². The van der Waals surface area contributed by atoms with E-state index in [4.69, 9.17) is 0 Å². The third-order valence-corrected chi connectivity index (χ3v) is 14.8. The molecule has 70 heavy (non-hydrogen) atoms. The first-order valence-corrected chi connectivity index (χ1v) is 24.2. The van der Waals surface area contributed by atoms with E-state index in [9.17, 15) is 0 Å². The van der Waals surface area contributed by atoms with E-state index in [1.165, 1.54) is 77.4 Å². The van der Waals surface area contributed by atoms with Gasteiger partial charge in [0.2, 0.25) is 0 Å². The monoisotopic (exact) mass is 891 g/mol. The molecule has 0 saturated carbocycles. The van der Waals surface area contributed by atoms with E-state index in [0.717, 1.165) is 39.8 Å². The molecule has 1 spiro atoms. The summed E-state index contributed by atoms with van der Waals surface area (Å²) in [6.07, 6.45) is 0. The van der Waals surface area contributed by atoms with Gasteiger partial charge in [0, 0.05) is 50.3 Å². The van der Waals surface area contributed by atoms with Crippen LogP contribution in [0, 0.1) is 0 Å². The Hall–Kier alpha value is -9.18. The van der Waals surface area contributed by atoms with Gasteiger partial charge in [0.1, 0.15) is 0 Å². The van der Waals surface area contributed by atoms with Gasteiger partial charge in [0.15, 0.2) is 0 Å². The standard InChI is InChI=1S/C67H45N3/c1-5-22-46(23-6-1)52-30-15-19-37-62(52)69(48-26-9-3-10-27-48)64-39-21-36-60-66(64)57-33-14-18-35-59(57)67(60)58-34-17-13-31-53(58)54-42-40-50(44-61(54)67)68(47-24-7-2-8-25-47)51-41-43-56-55-32-16-20-38-63(55)70(65(56)45-51)49-28-11-4-12-29-49/h1-45H. The number of anilines is 6. The molecule has 11 aromatic carbocycles. The van der Waals surface area contributed by atoms with E-state index < -0.39 is 5.41 Å². The van der Waals surface area contributed by atoms with Crippen molar-refractivity contribution in [3.05, 3.63) is 295 Å². The molecule has 12 aromatic rings. The van der Waals surface area contributed by atoms with Crippen molar-refractivity contribution < 1.29 is 0 Å². The SMILES string of the molecule is c1ccc(-c2ccccc2N(c2ccccc2)c2cccc3c2-c2ccccc2C32c3ccccc3-c3ccc(N(c4ccccc4)c4ccc5c6ccccc6n(-c6ccccc6)c5c4)cc32)cc1. The summed E-state index contributed by atoms with van der Waals surface area (Å²) in [6, 6.07) is 100. The van der Waals surface area contributed by atoms with Crippen molar-refractivity contribution in [3.63, 3.8) is 0 Å². The molecule has 3 heteroatoms. The largest absolute Gasteiger partial charge is 0.310 e. The molecular weight excluding hydrogens is 847 g/mol. The number of fused-ring (bicyclic) bond motifs is 13. The summed E-state index contributed by atoms with van der Waals surface area (Å²) in [5.74, 6) is 0. The summed E-state index contributed by atoms with van der Waals surface area (Å²) < 4.78 is 2.41. The van der Waals surface area contributed by atoms with Gasteiger partial charge in [0.05, 0.1) is 27.8 Å². The van der Waals surface area contributed by atoms with Crippen LogP contribution < -0.4 is 9.80 Å². The smallest absolute Gasteiger partial charge is 0.0727 e. The van der Waals surface area contributed by atoms with Gasteiger partial charge in [-0.3, -0.25) is 0 Å². The summed E-state index contributed by atoms with van der Waals surface area (Å²) in [7, 11) is 0. The minimum absolute atomic E-state index is 0.600. The van der Waals surface area contributed by atoms with Crippen LogP contribution in [0.4, 0.5) is 34.1 Å². The molecule has 1 unspecified atom stereocenters. The Balaban J connectivity index is 1.02. The van der Waals surface area contributed by atoms with Crippen LogP contribution in [0.1, 0.15) is 22.3 Å². The van der Waals surface area contributed by atoms with Crippen LogP contribution in [-0.2, 0) is 5.41 Å². The molecule has 1 atom stereocenters. The molecule has 2 aliphatic rings. The van der Waals surface area contributed by atoms with Gasteiger partial charge >= 0.3 is 0 Å². The lowest BCUT2D eigenvalue weighted by Gasteiger charge is -2.33. The molecule has 328 valence electrons. The Morgan fingerprint density at radius 3 is 1.56 bits per heavy atom. The highest BCUT2D eigenvalue weighted by Crippen LogP contribution is 2.65. The zero-order valence-corrected chi connectivity index (χ0v) is 38.3. The fourth-order valence-corrected chi connectivity index (χ4v) is 12.0. The maximum Gasteiger partial charge on any atom is 0.0727 e. The molecule has 0 saturated heterocycles. The molecule has 3 nitrogen and oxygen atoms in total. The first kappa shape index (κ1) is 39.9. The summed E-state index contributed by atoms with van der Waals surface area (Å²) in [6.45, 7) is 0. The van der Waals surface area contributed by atoms with E-state index in [-0.39, 0.29) is 0 Å². The third kappa shape index (κ3) is 5.88. The van der Waals surface area contributed by atoms with E-state index in [1.54, 1.807) is 0 Å². The minimum atomic E-state index is -0.600. The molecule has 0 radical (unpaired) electrons. The van der Waals surface area contributed by atoms with Crippen LogP contribution in [0.15, 0.2) is 273 Å². The maximum atomic E-state index is 2.50. The summed E-state index contributed by atoms with van der Waals surface area (Å²) in [5, 5.41) is 2.47. The zero-order valence-electron chi connectivity index (χ0n) is 38.3. The second-order valence-electron chi connectivity index (χ2n) is 18.4. The van der Waals surface area contributed by atoms with Gasteiger partial charge in [-0.2, -0.15) is 0 Å².